The van der Waals surface area contributed by atoms with Gasteiger partial charge in [0.1, 0.15) is 11.9 Å². The van der Waals surface area contributed by atoms with Gasteiger partial charge in [-0.2, -0.15) is 4.99 Å². The third-order valence-corrected chi connectivity index (χ3v) is 2.45. The monoisotopic (exact) mass is 240 g/mol. The Morgan fingerprint density at radius 3 is 2.75 bits per heavy atom. The van der Waals surface area contributed by atoms with Gasteiger partial charge in [0.25, 0.3) is 5.91 Å². The van der Waals surface area contributed by atoms with Crippen molar-refractivity contribution in [1.82, 2.24) is 0 Å². The summed E-state index contributed by atoms with van der Waals surface area (Å²) in [5.41, 5.74) is 0.840. The maximum Gasteiger partial charge on any atom is 0.281 e. The minimum Gasteiger partial charge on any atom is -0.498 e. The SMILES string of the molecule is COC1=CC2=NC(Cl)=NC(=O)C2=CC1OC. The summed E-state index contributed by atoms with van der Waals surface area (Å²) in [6.07, 6.45) is 2.85. The Morgan fingerprint density at radius 1 is 1.38 bits per heavy atom. The van der Waals surface area contributed by atoms with Gasteiger partial charge in [-0.3, -0.25) is 4.79 Å². The number of amidine groups is 1. The van der Waals surface area contributed by atoms with Crippen LogP contribution in [-0.4, -0.2) is 37.2 Å². The van der Waals surface area contributed by atoms with E-state index in [9.17, 15) is 4.79 Å². The molecule has 0 aromatic rings. The number of carbonyl (C=O) groups is 1. The van der Waals surface area contributed by atoms with Gasteiger partial charge >= 0.3 is 0 Å². The predicted molar refractivity (Wildman–Crippen MR) is 59.7 cm³/mol. The number of methoxy groups -OCH3 is 2. The molecule has 0 bridgehead atoms. The molecule has 2 rings (SSSR count). The van der Waals surface area contributed by atoms with E-state index < -0.39 is 12.0 Å². The van der Waals surface area contributed by atoms with Gasteiger partial charge in [-0.1, -0.05) is 0 Å². The molecular weight excluding hydrogens is 232 g/mol. The van der Waals surface area contributed by atoms with Gasteiger partial charge in [0.2, 0.25) is 5.29 Å². The Kier molecular flexibility index (Phi) is 2.89. The molecule has 5 nitrogen and oxygen atoms in total. The molecule has 0 radical (unpaired) electrons. The molecule has 1 aliphatic heterocycles. The summed E-state index contributed by atoms with van der Waals surface area (Å²) in [5, 5.41) is -0.0697. The van der Waals surface area contributed by atoms with E-state index >= 15 is 0 Å². The summed E-state index contributed by atoms with van der Waals surface area (Å²) in [4.78, 5) is 19.0. The van der Waals surface area contributed by atoms with Crippen molar-refractivity contribution in [2.45, 2.75) is 6.10 Å². The lowest BCUT2D eigenvalue weighted by molar-refractivity contribution is -0.114. The smallest absolute Gasteiger partial charge is 0.281 e. The maximum absolute atomic E-state index is 11.5. The minimum atomic E-state index is -0.413. The normalized spacial score (nSPS) is 23.9. The summed E-state index contributed by atoms with van der Waals surface area (Å²) >= 11 is 5.61. The zero-order valence-electron chi connectivity index (χ0n) is 8.73. The zero-order chi connectivity index (χ0) is 11.7. The van der Waals surface area contributed by atoms with Crippen LogP contribution in [0, 0.1) is 0 Å². The molecule has 0 aromatic carbocycles. The first-order valence-corrected chi connectivity index (χ1v) is 4.91. The molecule has 2 aliphatic rings. The lowest BCUT2D eigenvalue weighted by Gasteiger charge is -2.21. The fourth-order valence-electron chi connectivity index (χ4n) is 1.51. The van der Waals surface area contributed by atoms with Crippen LogP contribution < -0.4 is 0 Å². The summed E-state index contributed by atoms with van der Waals surface area (Å²) in [5.74, 6) is 0.160. The second-order valence-electron chi connectivity index (χ2n) is 3.17. The lowest BCUT2D eigenvalue weighted by atomic mass is 9.99. The molecule has 84 valence electrons. The molecule has 1 heterocycles. The highest BCUT2D eigenvalue weighted by atomic mass is 35.5. The number of hydrogen-bond donors (Lipinski definition) is 0. The number of allylic oxidation sites excluding steroid dienone is 1. The molecule has 16 heavy (non-hydrogen) atoms. The number of nitrogens with zero attached hydrogens (tertiary/aromatic N) is 2. The maximum atomic E-state index is 11.5. The summed E-state index contributed by atoms with van der Waals surface area (Å²) in [6.45, 7) is 0. The number of ether oxygens (including phenoxy) is 2. The third kappa shape index (κ3) is 1.79. The third-order valence-electron chi connectivity index (χ3n) is 2.28. The Labute approximate surface area is 97.1 Å². The molecule has 1 unspecified atom stereocenters. The zero-order valence-corrected chi connectivity index (χ0v) is 9.49. The Balaban J connectivity index is 2.45. The van der Waals surface area contributed by atoms with E-state index in [2.05, 4.69) is 9.98 Å². The number of fused-ring (bicyclic) bond motifs is 1. The van der Waals surface area contributed by atoms with E-state index in [1.165, 1.54) is 14.2 Å². The molecule has 0 fully saturated rings. The number of amides is 1. The Bertz CT molecular complexity index is 463. The predicted octanol–water partition coefficient (Wildman–Crippen LogP) is 1.05. The fraction of sp³-hybridized carbons (Fsp3) is 0.300. The largest absolute Gasteiger partial charge is 0.498 e. The molecule has 0 N–H and O–H groups in total. The van der Waals surface area contributed by atoms with Gasteiger partial charge in [-0.25, -0.2) is 4.99 Å². The van der Waals surface area contributed by atoms with E-state index in [4.69, 9.17) is 21.1 Å². The van der Waals surface area contributed by atoms with E-state index in [1.807, 2.05) is 0 Å². The Morgan fingerprint density at radius 2 is 2.12 bits per heavy atom. The lowest BCUT2D eigenvalue weighted by Crippen LogP contribution is -2.26. The van der Waals surface area contributed by atoms with Gasteiger partial charge < -0.3 is 9.47 Å². The highest BCUT2D eigenvalue weighted by Gasteiger charge is 2.28. The molecule has 0 saturated carbocycles. The van der Waals surface area contributed by atoms with Crippen LogP contribution in [0.25, 0.3) is 0 Å². The van der Waals surface area contributed by atoms with Crippen LogP contribution in [0.2, 0.25) is 0 Å². The van der Waals surface area contributed by atoms with Crippen molar-refractivity contribution in [2.75, 3.05) is 14.2 Å². The number of halogens is 1. The fourth-order valence-corrected chi connectivity index (χ4v) is 1.68. The second-order valence-corrected chi connectivity index (χ2v) is 3.51. The average molecular weight is 241 g/mol. The van der Waals surface area contributed by atoms with Crippen LogP contribution in [0.4, 0.5) is 0 Å². The first kappa shape index (κ1) is 11.0. The van der Waals surface area contributed by atoms with Gasteiger partial charge in [-0.15, -0.1) is 0 Å². The number of carbonyl (C=O) groups excluding carboxylic acids is 1. The summed E-state index contributed by atoms with van der Waals surface area (Å²) in [6, 6.07) is 0. The highest BCUT2D eigenvalue weighted by Crippen LogP contribution is 2.22. The van der Waals surface area contributed by atoms with Gasteiger partial charge in [0.05, 0.1) is 18.4 Å². The highest BCUT2D eigenvalue weighted by molar-refractivity contribution is 6.67. The number of rotatable bonds is 2. The summed E-state index contributed by atoms with van der Waals surface area (Å²) < 4.78 is 10.3. The van der Waals surface area contributed by atoms with Crippen molar-refractivity contribution in [3.63, 3.8) is 0 Å². The van der Waals surface area contributed by atoms with Crippen molar-refractivity contribution in [3.8, 4) is 0 Å². The number of aliphatic imine (C=N–C) groups is 2. The van der Waals surface area contributed by atoms with Gasteiger partial charge in [0.15, 0.2) is 0 Å². The quantitative estimate of drug-likeness (QED) is 0.678. The first-order chi connectivity index (χ1) is 7.65. The number of hydrogen-bond acceptors (Lipinski definition) is 4. The van der Waals surface area contributed by atoms with E-state index in [-0.39, 0.29) is 5.29 Å². The van der Waals surface area contributed by atoms with E-state index in [0.29, 0.717) is 17.0 Å². The van der Waals surface area contributed by atoms with Gasteiger partial charge in [0, 0.05) is 13.2 Å². The van der Waals surface area contributed by atoms with Crippen LogP contribution in [0.5, 0.6) is 0 Å². The van der Waals surface area contributed by atoms with Crippen LogP contribution in [-0.2, 0) is 14.3 Å². The standard InChI is InChI=1S/C10H9ClN2O3/c1-15-7-3-5-6(4-8(7)16-2)12-10(11)13-9(5)14/h3-4,7H,1-2H3. The van der Waals surface area contributed by atoms with E-state index in [0.717, 1.165) is 0 Å². The first-order valence-electron chi connectivity index (χ1n) is 4.53. The molecule has 0 aromatic heterocycles. The molecular formula is C10H9ClN2O3. The van der Waals surface area contributed by atoms with Crippen LogP contribution in [0.15, 0.2) is 33.5 Å². The van der Waals surface area contributed by atoms with Crippen LogP contribution in [0.1, 0.15) is 0 Å². The van der Waals surface area contributed by atoms with Gasteiger partial charge in [-0.05, 0) is 17.7 Å². The Hall–Kier alpha value is -1.46. The molecule has 0 spiro atoms. The second kappa shape index (κ2) is 4.19. The average Bonchev–Trinajstić information content (AvgIpc) is 2.27. The van der Waals surface area contributed by atoms with Crippen LogP contribution >= 0.6 is 11.6 Å². The molecule has 1 amide bonds. The van der Waals surface area contributed by atoms with Crippen molar-refractivity contribution < 1.29 is 14.3 Å². The van der Waals surface area contributed by atoms with Crippen molar-refractivity contribution in [3.05, 3.63) is 23.5 Å². The molecule has 1 atom stereocenters. The van der Waals surface area contributed by atoms with Crippen molar-refractivity contribution in [1.29, 1.82) is 0 Å². The summed E-state index contributed by atoms with van der Waals surface area (Å²) in [7, 11) is 3.05. The molecule has 1 aliphatic carbocycles. The van der Waals surface area contributed by atoms with E-state index in [1.54, 1.807) is 12.2 Å². The van der Waals surface area contributed by atoms with Crippen molar-refractivity contribution >= 4 is 28.5 Å². The topological polar surface area (TPSA) is 60.2 Å². The molecule has 6 heteroatoms. The molecule has 0 saturated heterocycles. The van der Waals surface area contributed by atoms with Crippen LogP contribution in [0.3, 0.4) is 0 Å². The minimum absolute atomic E-state index is 0.0697. The van der Waals surface area contributed by atoms with Crippen molar-refractivity contribution in [2.24, 2.45) is 9.98 Å².